The van der Waals surface area contributed by atoms with Gasteiger partial charge in [0.05, 0.1) is 0 Å². The summed E-state index contributed by atoms with van der Waals surface area (Å²) in [7, 11) is 4.33. The van der Waals surface area contributed by atoms with Gasteiger partial charge >= 0.3 is 0 Å². The van der Waals surface area contributed by atoms with Crippen LogP contribution in [0.25, 0.3) is 10.8 Å². The van der Waals surface area contributed by atoms with Crippen LogP contribution in [0.3, 0.4) is 0 Å². The number of likely N-dealkylation sites (N-methyl/N-ethyl adjacent to an activating group) is 1. The molecule has 0 saturated heterocycles. The van der Waals surface area contributed by atoms with Crippen molar-refractivity contribution in [2.24, 2.45) is 0 Å². The zero-order valence-electron chi connectivity index (χ0n) is 12.6. The first-order valence-electron chi connectivity index (χ1n) is 7.45. The summed E-state index contributed by atoms with van der Waals surface area (Å²) >= 11 is 6.12. The first-order chi connectivity index (χ1) is 10.1. The number of fused-ring (bicyclic) bond motifs is 1. The maximum absolute atomic E-state index is 6.12. The molecule has 1 N–H and O–H groups in total. The summed E-state index contributed by atoms with van der Waals surface area (Å²) in [6, 6.07) is 7.99. The molecule has 0 unspecified atom stereocenters. The molecule has 0 atom stereocenters. The highest BCUT2D eigenvalue weighted by Gasteiger charge is 2.35. The van der Waals surface area contributed by atoms with Crippen LogP contribution in [0.1, 0.15) is 25.7 Å². The maximum atomic E-state index is 6.12. The van der Waals surface area contributed by atoms with Crippen molar-refractivity contribution < 1.29 is 0 Å². The zero-order valence-corrected chi connectivity index (χ0v) is 13.3. The molecule has 1 fully saturated rings. The molecule has 3 rings (SSSR count). The Morgan fingerprint density at radius 2 is 1.81 bits per heavy atom. The smallest absolute Gasteiger partial charge is 0.159 e. The van der Waals surface area contributed by atoms with Crippen LogP contribution in [0.15, 0.2) is 24.3 Å². The van der Waals surface area contributed by atoms with Gasteiger partial charge in [-0.15, -0.1) is 10.2 Å². The van der Waals surface area contributed by atoms with Crippen molar-refractivity contribution in [3.8, 4) is 0 Å². The lowest BCUT2D eigenvalue weighted by Crippen LogP contribution is -2.47. The molecule has 21 heavy (non-hydrogen) atoms. The monoisotopic (exact) mass is 304 g/mol. The van der Waals surface area contributed by atoms with Crippen molar-refractivity contribution in [3.05, 3.63) is 29.4 Å². The Bertz CT molecular complexity index is 635. The summed E-state index contributed by atoms with van der Waals surface area (Å²) in [6.45, 7) is 0.889. The van der Waals surface area contributed by atoms with Gasteiger partial charge in [-0.05, 0) is 26.9 Å². The van der Waals surface area contributed by atoms with Crippen molar-refractivity contribution in [1.82, 2.24) is 15.1 Å². The Balaban J connectivity index is 1.87. The van der Waals surface area contributed by atoms with Crippen LogP contribution in [0.2, 0.25) is 5.15 Å². The lowest BCUT2D eigenvalue weighted by molar-refractivity contribution is 0.172. The minimum absolute atomic E-state index is 0.225. The van der Waals surface area contributed by atoms with E-state index >= 15 is 0 Å². The Labute approximate surface area is 130 Å². The third-order valence-corrected chi connectivity index (χ3v) is 4.99. The van der Waals surface area contributed by atoms with Gasteiger partial charge in [0.1, 0.15) is 0 Å². The number of halogens is 1. The highest BCUT2D eigenvalue weighted by atomic mass is 35.5. The fourth-order valence-electron chi connectivity index (χ4n) is 3.27. The number of hydrogen-bond donors (Lipinski definition) is 1. The predicted octanol–water partition coefficient (Wildman–Crippen LogP) is 3.57. The molecule has 1 aromatic heterocycles. The van der Waals surface area contributed by atoms with Crippen LogP contribution < -0.4 is 5.32 Å². The molecule has 4 nitrogen and oxygen atoms in total. The number of nitrogens with one attached hydrogen (secondary N) is 1. The van der Waals surface area contributed by atoms with E-state index in [9.17, 15) is 0 Å². The second kappa shape index (κ2) is 5.78. The first kappa shape index (κ1) is 14.5. The molecule has 1 heterocycles. The molecule has 0 spiro atoms. The number of hydrogen-bond acceptors (Lipinski definition) is 4. The molecule has 0 bridgehead atoms. The van der Waals surface area contributed by atoms with Gasteiger partial charge in [0.2, 0.25) is 0 Å². The highest BCUT2D eigenvalue weighted by Crippen LogP contribution is 2.34. The molecular weight excluding hydrogens is 284 g/mol. The fraction of sp³-hybridized carbons (Fsp3) is 0.500. The van der Waals surface area contributed by atoms with Crippen molar-refractivity contribution >= 4 is 28.2 Å². The summed E-state index contributed by atoms with van der Waals surface area (Å²) in [6.07, 6.45) is 5.05. The average Bonchev–Trinajstić information content (AvgIpc) is 2.97. The predicted molar refractivity (Wildman–Crippen MR) is 87.9 cm³/mol. The topological polar surface area (TPSA) is 41.0 Å². The lowest BCUT2D eigenvalue weighted by atomic mass is 9.96. The SMILES string of the molecule is CN(C)C1(CNc2nnc(Cl)c3ccccc23)CCCC1. The molecule has 0 aliphatic heterocycles. The summed E-state index contributed by atoms with van der Waals surface area (Å²) in [5, 5.41) is 14.2. The molecule has 1 aromatic carbocycles. The van der Waals surface area contributed by atoms with Gasteiger partial charge in [-0.25, -0.2) is 0 Å². The van der Waals surface area contributed by atoms with Gasteiger partial charge in [0, 0.05) is 22.9 Å². The summed E-state index contributed by atoms with van der Waals surface area (Å²) in [5.74, 6) is 0.822. The highest BCUT2D eigenvalue weighted by molar-refractivity contribution is 6.34. The second-order valence-corrected chi connectivity index (χ2v) is 6.42. The molecule has 0 amide bonds. The molecule has 1 aliphatic carbocycles. The summed E-state index contributed by atoms with van der Waals surface area (Å²) < 4.78 is 0. The minimum Gasteiger partial charge on any atom is -0.366 e. The Morgan fingerprint density at radius 1 is 1.14 bits per heavy atom. The lowest BCUT2D eigenvalue weighted by Gasteiger charge is -2.36. The first-order valence-corrected chi connectivity index (χ1v) is 7.82. The average molecular weight is 305 g/mol. The van der Waals surface area contributed by atoms with Crippen LogP contribution in [0.5, 0.6) is 0 Å². The van der Waals surface area contributed by atoms with Gasteiger partial charge in [-0.1, -0.05) is 48.7 Å². The Hall–Kier alpha value is -1.39. The van der Waals surface area contributed by atoms with E-state index in [1.165, 1.54) is 25.7 Å². The molecule has 0 radical (unpaired) electrons. The van der Waals surface area contributed by atoms with E-state index in [1.807, 2.05) is 24.3 Å². The third-order valence-electron chi connectivity index (χ3n) is 4.71. The van der Waals surface area contributed by atoms with Crippen LogP contribution in [-0.4, -0.2) is 41.3 Å². The van der Waals surface area contributed by atoms with Crippen LogP contribution >= 0.6 is 11.6 Å². The molecule has 1 saturated carbocycles. The van der Waals surface area contributed by atoms with E-state index in [0.717, 1.165) is 23.1 Å². The Kier molecular flexibility index (Phi) is 4.00. The number of anilines is 1. The molecular formula is C16H21ClN4. The summed E-state index contributed by atoms with van der Waals surface area (Å²) in [4.78, 5) is 2.35. The van der Waals surface area contributed by atoms with E-state index in [2.05, 4.69) is 34.5 Å². The van der Waals surface area contributed by atoms with Gasteiger partial charge in [0.25, 0.3) is 0 Å². The van der Waals surface area contributed by atoms with Crippen molar-refractivity contribution in [1.29, 1.82) is 0 Å². The van der Waals surface area contributed by atoms with E-state index in [0.29, 0.717) is 5.15 Å². The number of rotatable bonds is 4. The van der Waals surface area contributed by atoms with Crippen LogP contribution in [0.4, 0.5) is 5.82 Å². The Morgan fingerprint density at radius 3 is 2.48 bits per heavy atom. The summed E-state index contributed by atoms with van der Waals surface area (Å²) in [5.41, 5.74) is 0.225. The third kappa shape index (κ3) is 2.70. The number of aromatic nitrogens is 2. The quantitative estimate of drug-likeness (QED) is 0.937. The second-order valence-electron chi connectivity index (χ2n) is 6.06. The van der Waals surface area contributed by atoms with Crippen LogP contribution in [-0.2, 0) is 0 Å². The molecule has 2 aromatic rings. The van der Waals surface area contributed by atoms with Gasteiger partial charge in [0.15, 0.2) is 11.0 Å². The van der Waals surface area contributed by atoms with E-state index in [1.54, 1.807) is 0 Å². The van der Waals surface area contributed by atoms with E-state index < -0.39 is 0 Å². The largest absolute Gasteiger partial charge is 0.366 e. The van der Waals surface area contributed by atoms with Crippen molar-refractivity contribution in [3.63, 3.8) is 0 Å². The fourth-order valence-corrected chi connectivity index (χ4v) is 3.47. The molecule has 112 valence electrons. The van der Waals surface area contributed by atoms with E-state index in [-0.39, 0.29) is 5.54 Å². The van der Waals surface area contributed by atoms with Crippen LogP contribution in [0, 0.1) is 0 Å². The minimum atomic E-state index is 0.225. The molecule has 5 heteroatoms. The number of nitrogens with zero attached hydrogens (tertiary/aromatic N) is 3. The maximum Gasteiger partial charge on any atom is 0.159 e. The number of benzene rings is 1. The molecule has 1 aliphatic rings. The van der Waals surface area contributed by atoms with Crippen molar-refractivity contribution in [2.75, 3.05) is 26.0 Å². The van der Waals surface area contributed by atoms with Gasteiger partial charge in [-0.2, -0.15) is 0 Å². The van der Waals surface area contributed by atoms with E-state index in [4.69, 9.17) is 11.6 Å². The van der Waals surface area contributed by atoms with Crippen molar-refractivity contribution in [2.45, 2.75) is 31.2 Å². The standard InChI is InChI=1S/C16H21ClN4/c1-21(2)16(9-5-6-10-16)11-18-15-13-8-4-3-7-12(13)14(17)19-20-15/h3-4,7-8H,5-6,9-11H2,1-2H3,(H,18,20). The zero-order chi connectivity index (χ0) is 14.9. The normalized spacial score (nSPS) is 17.5. The van der Waals surface area contributed by atoms with Gasteiger partial charge in [-0.3, -0.25) is 0 Å². The van der Waals surface area contributed by atoms with Gasteiger partial charge < -0.3 is 10.2 Å².